The van der Waals surface area contributed by atoms with Crippen molar-refractivity contribution < 1.29 is 23.8 Å². The maximum absolute atomic E-state index is 12.2. The van der Waals surface area contributed by atoms with Gasteiger partial charge in [-0.1, -0.05) is 30.3 Å². The Balaban J connectivity index is 2.15. The first kappa shape index (κ1) is 17.2. The Morgan fingerprint density at radius 1 is 1.04 bits per heavy atom. The monoisotopic (exact) mass is 327 g/mol. The molecule has 0 unspecified atom stereocenters. The maximum atomic E-state index is 12.2. The minimum atomic E-state index is -0.774. The fourth-order valence-electron chi connectivity index (χ4n) is 1.88. The van der Waals surface area contributed by atoms with Crippen LogP contribution in [0, 0.1) is 0 Å². The summed E-state index contributed by atoms with van der Waals surface area (Å²) in [4.78, 5) is 28.1. The standard InChI is InChI=1S/C18H17NO5/c1-22-16-9-8-14(11-19-16)10-15(17(20)23-2)18(21)24-12-13-6-4-3-5-7-13/h3-11H,12H2,1-2H3. The number of nitrogens with zero attached hydrogens (tertiary/aromatic N) is 1. The van der Waals surface area contributed by atoms with Gasteiger partial charge in [-0.05, 0) is 23.3 Å². The molecule has 0 spiro atoms. The number of ether oxygens (including phenoxy) is 3. The zero-order valence-electron chi connectivity index (χ0n) is 13.4. The first-order valence-electron chi connectivity index (χ1n) is 7.15. The number of hydrogen-bond acceptors (Lipinski definition) is 6. The van der Waals surface area contributed by atoms with Gasteiger partial charge in [-0.2, -0.15) is 0 Å². The lowest BCUT2D eigenvalue weighted by atomic mass is 10.1. The van der Waals surface area contributed by atoms with Crippen LogP contribution >= 0.6 is 0 Å². The highest BCUT2D eigenvalue weighted by Gasteiger charge is 2.21. The van der Waals surface area contributed by atoms with Gasteiger partial charge < -0.3 is 14.2 Å². The summed E-state index contributed by atoms with van der Waals surface area (Å²) < 4.78 is 14.8. The fraction of sp³-hybridized carbons (Fsp3) is 0.167. The Morgan fingerprint density at radius 3 is 2.38 bits per heavy atom. The lowest BCUT2D eigenvalue weighted by Crippen LogP contribution is -2.17. The molecule has 0 aliphatic carbocycles. The molecule has 124 valence electrons. The molecule has 0 saturated heterocycles. The summed E-state index contributed by atoms with van der Waals surface area (Å²) in [5.41, 5.74) is 1.16. The number of aromatic nitrogens is 1. The number of carbonyl (C=O) groups is 2. The second-order valence-corrected chi connectivity index (χ2v) is 4.75. The van der Waals surface area contributed by atoms with E-state index in [0.29, 0.717) is 11.4 Å². The summed E-state index contributed by atoms with van der Waals surface area (Å²) in [6, 6.07) is 12.5. The van der Waals surface area contributed by atoms with Crippen LogP contribution in [0.1, 0.15) is 11.1 Å². The topological polar surface area (TPSA) is 74.7 Å². The molecule has 0 aliphatic rings. The van der Waals surface area contributed by atoms with E-state index in [1.165, 1.54) is 26.5 Å². The van der Waals surface area contributed by atoms with Crippen LogP contribution in [0.5, 0.6) is 5.88 Å². The summed E-state index contributed by atoms with van der Waals surface area (Å²) in [6.07, 6.45) is 2.85. The minimum Gasteiger partial charge on any atom is -0.481 e. The molecule has 1 heterocycles. The van der Waals surface area contributed by atoms with Crippen LogP contribution in [0.4, 0.5) is 0 Å². The van der Waals surface area contributed by atoms with Gasteiger partial charge in [0.15, 0.2) is 0 Å². The van der Waals surface area contributed by atoms with Gasteiger partial charge in [0.05, 0.1) is 14.2 Å². The molecule has 0 aliphatic heterocycles. The number of esters is 2. The van der Waals surface area contributed by atoms with Gasteiger partial charge in [-0.25, -0.2) is 14.6 Å². The molecule has 0 fully saturated rings. The third-order valence-corrected chi connectivity index (χ3v) is 3.12. The van der Waals surface area contributed by atoms with Crippen LogP contribution in [0.15, 0.2) is 54.2 Å². The minimum absolute atomic E-state index is 0.0644. The Morgan fingerprint density at radius 2 is 1.79 bits per heavy atom. The SMILES string of the molecule is COC(=O)C(=Cc1ccc(OC)nc1)C(=O)OCc1ccccc1. The van der Waals surface area contributed by atoms with E-state index in [1.54, 1.807) is 12.1 Å². The van der Waals surface area contributed by atoms with Crippen molar-refractivity contribution in [1.29, 1.82) is 0 Å². The quantitative estimate of drug-likeness (QED) is 0.351. The summed E-state index contributed by atoms with van der Waals surface area (Å²) in [5, 5.41) is 0. The molecule has 0 bridgehead atoms. The number of rotatable bonds is 6. The Hall–Kier alpha value is -3.15. The van der Waals surface area contributed by atoms with Crippen molar-refractivity contribution in [3.8, 4) is 5.88 Å². The van der Waals surface area contributed by atoms with Gasteiger partial charge in [0, 0.05) is 12.3 Å². The number of hydrogen-bond donors (Lipinski definition) is 0. The third-order valence-electron chi connectivity index (χ3n) is 3.12. The van der Waals surface area contributed by atoms with Gasteiger partial charge in [0.2, 0.25) is 5.88 Å². The summed E-state index contributed by atoms with van der Waals surface area (Å²) in [7, 11) is 2.70. The van der Waals surface area contributed by atoms with Crippen LogP contribution in [-0.4, -0.2) is 31.1 Å². The average Bonchev–Trinajstić information content (AvgIpc) is 2.65. The molecule has 0 radical (unpaired) electrons. The van der Waals surface area contributed by atoms with Crippen LogP contribution in [-0.2, 0) is 25.7 Å². The summed E-state index contributed by atoms with van der Waals surface area (Å²) in [6.45, 7) is 0.0644. The van der Waals surface area contributed by atoms with Gasteiger partial charge in [0.1, 0.15) is 12.2 Å². The fourth-order valence-corrected chi connectivity index (χ4v) is 1.88. The highest BCUT2D eigenvalue weighted by atomic mass is 16.5. The van der Waals surface area contributed by atoms with Crippen LogP contribution in [0.25, 0.3) is 6.08 Å². The van der Waals surface area contributed by atoms with Gasteiger partial charge in [0.25, 0.3) is 0 Å². The van der Waals surface area contributed by atoms with E-state index in [1.807, 2.05) is 30.3 Å². The first-order valence-corrected chi connectivity index (χ1v) is 7.15. The Bertz CT molecular complexity index is 723. The number of methoxy groups -OCH3 is 2. The lowest BCUT2D eigenvalue weighted by Gasteiger charge is -2.07. The third kappa shape index (κ3) is 4.67. The summed E-state index contributed by atoms with van der Waals surface area (Å²) >= 11 is 0. The van der Waals surface area contributed by atoms with E-state index in [0.717, 1.165) is 5.56 Å². The molecule has 0 amide bonds. The molecule has 2 rings (SSSR count). The number of pyridine rings is 1. The van der Waals surface area contributed by atoms with E-state index in [-0.39, 0.29) is 12.2 Å². The van der Waals surface area contributed by atoms with Gasteiger partial charge >= 0.3 is 11.9 Å². The van der Waals surface area contributed by atoms with Crippen LogP contribution in [0.3, 0.4) is 0 Å². The number of carbonyl (C=O) groups excluding carboxylic acids is 2. The van der Waals surface area contributed by atoms with Gasteiger partial charge in [-0.15, -0.1) is 0 Å². The van der Waals surface area contributed by atoms with Crippen molar-refractivity contribution in [2.45, 2.75) is 6.61 Å². The van der Waals surface area contributed by atoms with E-state index >= 15 is 0 Å². The average molecular weight is 327 g/mol. The van der Waals surface area contributed by atoms with Gasteiger partial charge in [-0.3, -0.25) is 0 Å². The summed E-state index contributed by atoms with van der Waals surface area (Å²) in [5.74, 6) is -1.11. The van der Waals surface area contributed by atoms with E-state index in [9.17, 15) is 9.59 Å². The molecule has 1 aromatic carbocycles. The Kier molecular flexibility index (Phi) is 6.08. The largest absolute Gasteiger partial charge is 0.481 e. The molecule has 0 atom stereocenters. The molecule has 6 heteroatoms. The van der Waals surface area contributed by atoms with Crippen molar-refractivity contribution in [1.82, 2.24) is 4.98 Å². The highest BCUT2D eigenvalue weighted by molar-refractivity contribution is 6.17. The highest BCUT2D eigenvalue weighted by Crippen LogP contribution is 2.13. The molecular formula is C18H17NO5. The predicted octanol–water partition coefficient (Wildman–Crippen LogP) is 2.39. The molecule has 24 heavy (non-hydrogen) atoms. The second-order valence-electron chi connectivity index (χ2n) is 4.75. The van der Waals surface area contributed by atoms with Crippen LogP contribution < -0.4 is 4.74 Å². The van der Waals surface area contributed by atoms with Crippen molar-refractivity contribution in [2.75, 3.05) is 14.2 Å². The smallest absolute Gasteiger partial charge is 0.345 e. The maximum Gasteiger partial charge on any atom is 0.345 e. The predicted molar refractivity (Wildman–Crippen MR) is 87.0 cm³/mol. The normalized spacial score (nSPS) is 10.8. The zero-order valence-corrected chi connectivity index (χ0v) is 13.4. The van der Waals surface area contributed by atoms with Crippen LogP contribution in [0.2, 0.25) is 0 Å². The van der Waals surface area contributed by atoms with Crippen molar-refractivity contribution in [2.24, 2.45) is 0 Å². The van der Waals surface area contributed by atoms with Crippen molar-refractivity contribution >= 4 is 18.0 Å². The molecular weight excluding hydrogens is 310 g/mol. The van der Waals surface area contributed by atoms with E-state index in [2.05, 4.69) is 9.72 Å². The van der Waals surface area contributed by atoms with E-state index in [4.69, 9.17) is 9.47 Å². The van der Waals surface area contributed by atoms with Crippen molar-refractivity contribution in [3.63, 3.8) is 0 Å². The van der Waals surface area contributed by atoms with Crippen molar-refractivity contribution in [3.05, 3.63) is 65.4 Å². The van der Waals surface area contributed by atoms with E-state index < -0.39 is 11.9 Å². The lowest BCUT2D eigenvalue weighted by molar-refractivity contribution is -0.146. The molecule has 0 N–H and O–H groups in total. The number of benzene rings is 1. The zero-order chi connectivity index (χ0) is 17.4. The molecule has 2 aromatic rings. The Labute approximate surface area is 139 Å². The second kappa shape index (κ2) is 8.47. The first-order chi connectivity index (χ1) is 11.6. The molecule has 6 nitrogen and oxygen atoms in total. The molecule has 1 aromatic heterocycles. The molecule has 0 saturated carbocycles.